The molecule has 1 saturated carbocycles. The lowest BCUT2D eigenvalue weighted by Gasteiger charge is -2.26. The Morgan fingerprint density at radius 3 is 2.48 bits per heavy atom. The number of likely N-dealkylation sites (N-methyl/N-ethyl adjacent to an activating group) is 1. The van der Waals surface area contributed by atoms with E-state index in [4.69, 9.17) is 0 Å². The lowest BCUT2D eigenvalue weighted by atomic mass is 9.89. The van der Waals surface area contributed by atoms with Crippen LogP contribution >= 0.6 is 0 Å². The van der Waals surface area contributed by atoms with Crippen LogP contribution in [0.5, 0.6) is 0 Å². The fraction of sp³-hybridized carbons (Fsp3) is 0.875. The van der Waals surface area contributed by atoms with Crippen LogP contribution in [0.1, 0.15) is 44.9 Å². The fourth-order valence-corrected chi connectivity index (χ4v) is 3.48. The van der Waals surface area contributed by atoms with E-state index in [1.54, 1.807) is 19.0 Å². The third kappa shape index (κ3) is 4.70. The monoisotopic (exact) mass is 295 g/mol. The number of nitrogens with one attached hydrogen (secondary N) is 1. The molecule has 0 aromatic rings. The first-order chi connectivity index (χ1) is 10.1. The molecule has 21 heavy (non-hydrogen) atoms. The van der Waals surface area contributed by atoms with Crippen molar-refractivity contribution >= 4 is 11.8 Å². The van der Waals surface area contributed by atoms with Crippen molar-refractivity contribution in [1.82, 2.24) is 15.1 Å². The summed E-state index contributed by atoms with van der Waals surface area (Å²) in [7, 11) is 3.56. The average Bonchev–Trinajstić information content (AvgIpc) is 2.93. The molecule has 0 aromatic heterocycles. The van der Waals surface area contributed by atoms with E-state index >= 15 is 0 Å². The average molecular weight is 295 g/mol. The summed E-state index contributed by atoms with van der Waals surface area (Å²) in [5.74, 6) is 0.840. The lowest BCUT2D eigenvalue weighted by Crippen LogP contribution is -2.47. The highest BCUT2D eigenvalue weighted by Gasteiger charge is 2.32. The Morgan fingerprint density at radius 2 is 1.81 bits per heavy atom. The van der Waals surface area contributed by atoms with Gasteiger partial charge in [-0.2, -0.15) is 0 Å². The summed E-state index contributed by atoms with van der Waals surface area (Å²) in [5, 5.41) is 3.06. The van der Waals surface area contributed by atoms with Gasteiger partial charge in [-0.25, -0.2) is 0 Å². The smallest absolute Gasteiger partial charge is 0.239 e. The molecule has 1 N–H and O–H groups in total. The van der Waals surface area contributed by atoms with Gasteiger partial charge < -0.3 is 10.2 Å². The molecule has 2 aliphatic rings. The van der Waals surface area contributed by atoms with Gasteiger partial charge in [0.15, 0.2) is 0 Å². The molecule has 1 saturated heterocycles. The molecule has 1 aliphatic heterocycles. The second-order valence-corrected chi connectivity index (χ2v) is 6.67. The summed E-state index contributed by atoms with van der Waals surface area (Å²) in [6.45, 7) is 2.01. The molecule has 5 nitrogen and oxygen atoms in total. The predicted molar refractivity (Wildman–Crippen MR) is 82.9 cm³/mol. The predicted octanol–water partition coefficient (Wildman–Crippen LogP) is 1.24. The van der Waals surface area contributed by atoms with Crippen LogP contribution in [0.15, 0.2) is 0 Å². The summed E-state index contributed by atoms with van der Waals surface area (Å²) >= 11 is 0. The summed E-state index contributed by atoms with van der Waals surface area (Å²) in [5.41, 5.74) is 0. The normalized spacial score (nSPS) is 24.0. The van der Waals surface area contributed by atoms with E-state index in [1.807, 2.05) is 4.90 Å². The van der Waals surface area contributed by atoms with Gasteiger partial charge in [-0.05, 0) is 38.1 Å². The Kier molecular flexibility index (Phi) is 6.03. The Balaban J connectivity index is 1.74. The Morgan fingerprint density at radius 1 is 1.10 bits per heavy atom. The minimum absolute atomic E-state index is 0.0685. The first kappa shape index (κ1) is 16.3. The number of carbonyl (C=O) groups is 2. The minimum Gasteiger partial charge on any atom is -0.355 e. The summed E-state index contributed by atoms with van der Waals surface area (Å²) in [6, 6.07) is -0.111. The SMILES string of the molecule is CN(C)C(=O)[C@H]1CCCN1CC(=O)NCC1CCCCC1. The molecule has 5 heteroatoms. The van der Waals surface area contributed by atoms with Gasteiger partial charge in [0.1, 0.15) is 0 Å². The highest BCUT2D eigenvalue weighted by molar-refractivity contribution is 5.83. The number of amides is 2. The van der Waals surface area contributed by atoms with Crippen LogP contribution in [-0.2, 0) is 9.59 Å². The van der Waals surface area contributed by atoms with Crippen molar-refractivity contribution in [3.63, 3.8) is 0 Å². The molecular formula is C16H29N3O2. The number of carbonyl (C=O) groups excluding carboxylic acids is 2. The van der Waals surface area contributed by atoms with E-state index in [-0.39, 0.29) is 17.9 Å². The molecule has 120 valence electrons. The summed E-state index contributed by atoms with van der Waals surface area (Å²) in [4.78, 5) is 27.9. The minimum atomic E-state index is -0.111. The first-order valence-corrected chi connectivity index (χ1v) is 8.30. The molecule has 0 spiro atoms. The molecule has 0 bridgehead atoms. The third-order valence-corrected chi connectivity index (χ3v) is 4.75. The van der Waals surface area contributed by atoms with E-state index < -0.39 is 0 Å². The van der Waals surface area contributed by atoms with Crippen LogP contribution in [0.25, 0.3) is 0 Å². The maximum atomic E-state index is 12.1. The standard InChI is InChI=1S/C16H29N3O2/c1-18(2)16(21)14-9-6-10-19(14)12-15(20)17-11-13-7-4-3-5-8-13/h13-14H,3-12H2,1-2H3,(H,17,20)/t14-/m1/s1. The van der Waals surface area contributed by atoms with Gasteiger partial charge in [-0.15, -0.1) is 0 Å². The molecule has 2 amide bonds. The molecule has 1 aliphatic carbocycles. The molecule has 0 aromatic carbocycles. The van der Waals surface area contributed by atoms with Crippen LogP contribution in [0.2, 0.25) is 0 Å². The van der Waals surface area contributed by atoms with Crippen molar-refractivity contribution in [2.24, 2.45) is 5.92 Å². The second-order valence-electron chi connectivity index (χ2n) is 6.67. The van der Waals surface area contributed by atoms with Crippen LogP contribution in [0, 0.1) is 5.92 Å². The zero-order chi connectivity index (χ0) is 15.2. The number of likely N-dealkylation sites (tertiary alicyclic amines) is 1. The highest BCUT2D eigenvalue weighted by atomic mass is 16.2. The van der Waals surface area contributed by atoms with Gasteiger partial charge in [-0.1, -0.05) is 19.3 Å². The molecule has 2 fully saturated rings. The maximum absolute atomic E-state index is 12.1. The number of rotatable bonds is 5. The van der Waals surface area contributed by atoms with E-state index in [1.165, 1.54) is 32.1 Å². The van der Waals surface area contributed by atoms with Crippen LogP contribution in [0.3, 0.4) is 0 Å². The quantitative estimate of drug-likeness (QED) is 0.830. The van der Waals surface area contributed by atoms with Gasteiger partial charge in [0, 0.05) is 20.6 Å². The summed E-state index contributed by atoms with van der Waals surface area (Å²) in [6.07, 6.45) is 8.29. The molecule has 0 unspecified atom stereocenters. The number of nitrogens with zero attached hydrogens (tertiary/aromatic N) is 2. The highest BCUT2D eigenvalue weighted by Crippen LogP contribution is 2.23. The van der Waals surface area contributed by atoms with Crippen molar-refractivity contribution in [3.8, 4) is 0 Å². The fourth-order valence-electron chi connectivity index (χ4n) is 3.48. The molecular weight excluding hydrogens is 266 g/mol. The van der Waals surface area contributed by atoms with E-state index in [0.717, 1.165) is 25.9 Å². The van der Waals surface area contributed by atoms with E-state index in [0.29, 0.717) is 12.5 Å². The molecule has 0 radical (unpaired) electrons. The van der Waals surface area contributed by atoms with Crippen molar-refractivity contribution in [1.29, 1.82) is 0 Å². The van der Waals surface area contributed by atoms with E-state index in [9.17, 15) is 9.59 Å². The lowest BCUT2D eigenvalue weighted by molar-refractivity contribution is -0.134. The van der Waals surface area contributed by atoms with Crippen LogP contribution < -0.4 is 5.32 Å². The van der Waals surface area contributed by atoms with Crippen LogP contribution in [-0.4, -0.2) is 61.4 Å². The van der Waals surface area contributed by atoms with Gasteiger partial charge in [0.05, 0.1) is 12.6 Å². The van der Waals surface area contributed by atoms with Gasteiger partial charge in [-0.3, -0.25) is 14.5 Å². The van der Waals surface area contributed by atoms with Crippen LogP contribution in [0.4, 0.5) is 0 Å². The topological polar surface area (TPSA) is 52.7 Å². The van der Waals surface area contributed by atoms with Crippen molar-refractivity contribution in [2.45, 2.75) is 51.0 Å². The zero-order valence-electron chi connectivity index (χ0n) is 13.4. The van der Waals surface area contributed by atoms with Gasteiger partial charge in [0.2, 0.25) is 11.8 Å². The second kappa shape index (κ2) is 7.78. The maximum Gasteiger partial charge on any atom is 0.239 e. The Labute approximate surface area is 128 Å². The summed E-state index contributed by atoms with van der Waals surface area (Å²) < 4.78 is 0. The van der Waals surface area contributed by atoms with Crippen molar-refractivity contribution < 1.29 is 9.59 Å². The van der Waals surface area contributed by atoms with Crippen molar-refractivity contribution in [2.75, 3.05) is 33.7 Å². The van der Waals surface area contributed by atoms with Gasteiger partial charge in [0.25, 0.3) is 0 Å². The van der Waals surface area contributed by atoms with Gasteiger partial charge >= 0.3 is 0 Å². The Bertz CT molecular complexity index is 365. The number of hydrogen-bond donors (Lipinski definition) is 1. The first-order valence-electron chi connectivity index (χ1n) is 8.30. The molecule has 2 rings (SSSR count). The third-order valence-electron chi connectivity index (χ3n) is 4.75. The molecule has 1 atom stereocenters. The molecule has 1 heterocycles. The largest absolute Gasteiger partial charge is 0.355 e. The zero-order valence-corrected chi connectivity index (χ0v) is 13.4. The number of hydrogen-bond acceptors (Lipinski definition) is 3. The Hall–Kier alpha value is -1.10. The van der Waals surface area contributed by atoms with Crippen molar-refractivity contribution in [3.05, 3.63) is 0 Å². The van der Waals surface area contributed by atoms with E-state index in [2.05, 4.69) is 5.32 Å².